The fourth-order valence-electron chi connectivity index (χ4n) is 6.93. The first kappa shape index (κ1) is 19.7. The zero-order valence-electron chi connectivity index (χ0n) is 16.4. The van der Waals surface area contributed by atoms with E-state index < -0.39 is 18.2 Å². The summed E-state index contributed by atoms with van der Waals surface area (Å²) in [4.78, 5) is 35.7. The molecule has 0 saturated heterocycles. The minimum atomic E-state index is -1.27. The Morgan fingerprint density at radius 1 is 1.18 bits per heavy atom. The standard InChI is InChI=1S/C22H29FO5/c1-21-8-9-22(23)15-5-3-14(25)10-13(15)2-4-17(22)16(21)6-7-18(21)19(26)12-28-20(27)11-24/h10,15-18,24H,2-9,11-12H2,1H3/t15-,16-,17-,18+,21-,22-/m0/s1. The fraction of sp³-hybridized carbons (Fsp3) is 0.773. The number of carbonyl (C=O) groups is 3. The number of ketones is 2. The molecule has 4 aliphatic carbocycles. The van der Waals surface area contributed by atoms with Crippen molar-refractivity contribution >= 4 is 17.5 Å². The van der Waals surface area contributed by atoms with Crippen LogP contribution in [0.15, 0.2) is 11.6 Å². The summed E-state index contributed by atoms with van der Waals surface area (Å²) >= 11 is 0. The van der Waals surface area contributed by atoms with Gasteiger partial charge in [-0.3, -0.25) is 9.59 Å². The Bertz CT molecular complexity index is 730. The number of alkyl halides is 1. The molecule has 1 N–H and O–H groups in total. The van der Waals surface area contributed by atoms with Gasteiger partial charge in [-0.15, -0.1) is 0 Å². The van der Waals surface area contributed by atoms with Crippen LogP contribution in [0.2, 0.25) is 0 Å². The number of halogens is 1. The van der Waals surface area contributed by atoms with Crippen molar-refractivity contribution in [3.63, 3.8) is 0 Å². The van der Waals surface area contributed by atoms with Crippen LogP contribution >= 0.6 is 0 Å². The SMILES string of the molecule is C[C@]12CC[C@]3(F)[C@H]4CCC(=O)C=C4CC[C@H]3[C@@H]1CC[C@@H]2C(=O)COC(=O)CO. The third-order valence-corrected chi connectivity index (χ3v) is 8.25. The van der Waals surface area contributed by atoms with E-state index in [1.165, 1.54) is 0 Å². The van der Waals surface area contributed by atoms with Gasteiger partial charge in [-0.25, -0.2) is 9.18 Å². The number of esters is 1. The van der Waals surface area contributed by atoms with Gasteiger partial charge in [-0.05, 0) is 68.3 Å². The second kappa shape index (κ2) is 7.05. The van der Waals surface area contributed by atoms with Gasteiger partial charge < -0.3 is 9.84 Å². The molecule has 0 bridgehead atoms. The lowest BCUT2D eigenvalue weighted by Crippen LogP contribution is -2.56. The van der Waals surface area contributed by atoms with E-state index in [2.05, 4.69) is 6.92 Å². The predicted molar refractivity (Wildman–Crippen MR) is 99.0 cm³/mol. The predicted octanol–water partition coefficient (Wildman–Crippen LogP) is 2.94. The highest BCUT2D eigenvalue weighted by molar-refractivity contribution is 5.91. The van der Waals surface area contributed by atoms with Gasteiger partial charge in [0.15, 0.2) is 11.6 Å². The van der Waals surface area contributed by atoms with Crippen molar-refractivity contribution in [3.05, 3.63) is 11.6 Å². The number of Topliss-reactive ketones (excluding diaryl/α,β-unsaturated/α-hetero) is 1. The third-order valence-electron chi connectivity index (χ3n) is 8.25. The molecule has 0 spiro atoms. The number of hydrogen-bond donors (Lipinski definition) is 1. The van der Waals surface area contributed by atoms with E-state index >= 15 is 4.39 Å². The lowest BCUT2D eigenvalue weighted by Gasteiger charge is -2.57. The van der Waals surface area contributed by atoms with Gasteiger partial charge in [-0.2, -0.15) is 0 Å². The Balaban J connectivity index is 1.53. The molecule has 0 aromatic rings. The Hall–Kier alpha value is -1.56. The van der Waals surface area contributed by atoms with Crippen molar-refractivity contribution in [1.82, 2.24) is 0 Å². The zero-order chi connectivity index (χ0) is 20.1. The molecule has 154 valence electrons. The summed E-state index contributed by atoms with van der Waals surface area (Å²) in [6.07, 6.45) is 6.87. The summed E-state index contributed by atoms with van der Waals surface area (Å²) in [7, 11) is 0. The number of fused-ring (bicyclic) bond motifs is 5. The van der Waals surface area contributed by atoms with Gasteiger partial charge in [0.25, 0.3) is 0 Å². The second-order valence-electron chi connectivity index (χ2n) is 9.38. The molecule has 0 radical (unpaired) electrons. The number of ether oxygens (including phenoxy) is 1. The molecule has 0 heterocycles. The van der Waals surface area contributed by atoms with Crippen molar-refractivity contribution in [2.75, 3.05) is 13.2 Å². The minimum Gasteiger partial charge on any atom is -0.456 e. The van der Waals surface area contributed by atoms with Gasteiger partial charge in [0.1, 0.15) is 18.9 Å². The highest BCUT2D eigenvalue weighted by Crippen LogP contribution is 2.66. The second-order valence-corrected chi connectivity index (χ2v) is 9.38. The number of allylic oxidation sites excluding steroid dienone is 1. The Morgan fingerprint density at radius 2 is 1.96 bits per heavy atom. The number of hydrogen-bond acceptors (Lipinski definition) is 5. The van der Waals surface area contributed by atoms with Crippen molar-refractivity contribution in [2.45, 2.75) is 64.0 Å². The lowest BCUT2D eigenvalue weighted by atomic mass is 9.49. The minimum absolute atomic E-state index is 0.0700. The summed E-state index contributed by atoms with van der Waals surface area (Å²) in [6.45, 7) is 1.07. The molecular weight excluding hydrogens is 363 g/mol. The average Bonchev–Trinajstić information content (AvgIpc) is 3.02. The molecule has 3 fully saturated rings. The van der Waals surface area contributed by atoms with Crippen LogP contribution in [-0.4, -0.2) is 41.5 Å². The first-order valence-electron chi connectivity index (χ1n) is 10.5. The largest absolute Gasteiger partial charge is 0.456 e. The first-order valence-corrected chi connectivity index (χ1v) is 10.5. The summed E-state index contributed by atoms with van der Waals surface area (Å²) < 4.78 is 21.2. The van der Waals surface area contributed by atoms with Gasteiger partial charge in [0.05, 0.1) is 0 Å². The number of aliphatic hydroxyl groups is 1. The quantitative estimate of drug-likeness (QED) is 0.744. The van der Waals surface area contributed by atoms with Crippen LogP contribution in [0, 0.1) is 29.1 Å². The van der Waals surface area contributed by atoms with Crippen LogP contribution in [0.25, 0.3) is 0 Å². The molecule has 0 amide bonds. The van der Waals surface area contributed by atoms with Crippen LogP contribution in [0.5, 0.6) is 0 Å². The van der Waals surface area contributed by atoms with E-state index in [4.69, 9.17) is 9.84 Å². The maximum absolute atomic E-state index is 16.4. The molecule has 5 nitrogen and oxygen atoms in total. The number of aliphatic hydroxyl groups excluding tert-OH is 1. The molecule has 28 heavy (non-hydrogen) atoms. The Kier molecular flexibility index (Phi) is 4.97. The van der Waals surface area contributed by atoms with E-state index in [0.717, 1.165) is 24.8 Å². The molecule has 4 aliphatic rings. The van der Waals surface area contributed by atoms with Crippen LogP contribution in [0.4, 0.5) is 4.39 Å². The summed E-state index contributed by atoms with van der Waals surface area (Å²) in [5, 5.41) is 8.77. The maximum atomic E-state index is 16.4. The normalized spacial score (nSPS) is 42.1. The molecule has 0 aromatic heterocycles. The Labute approximate surface area is 164 Å². The van der Waals surface area contributed by atoms with Crippen molar-refractivity contribution in [1.29, 1.82) is 0 Å². The smallest absolute Gasteiger partial charge is 0.332 e. The average molecular weight is 392 g/mol. The van der Waals surface area contributed by atoms with Crippen LogP contribution in [0.1, 0.15) is 58.3 Å². The van der Waals surface area contributed by atoms with Crippen LogP contribution in [0.3, 0.4) is 0 Å². The topological polar surface area (TPSA) is 80.7 Å². The summed E-state index contributed by atoms with van der Waals surface area (Å²) in [6, 6.07) is 0. The van der Waals surface area contributed by atoms with Crippen LogP contribution in [-0.2, 0) is 19.1 Å². The highest BCUT2D eigenvalue weighted by atomic mass is 19.1. The van der Waals surface area contributed by atoms with Crippen molar-refractivity contribution < 1.29 is 28.6 Å². The van der Waals surface area contributed by atoms with E-state index in [1.807, 2.05) is 0 Å². The van der Waals surface area contributed by atoms with E-state index in [-0.39, 0.29) is 47.3 Å². The molecular formula is C22H29FO5. The monoisotopic (exact) mass is 392 g/mol. The van der Waals surface area contributed by atoms with Crippen molar-refractivity contribution in [2.24, 2.45) is 29.1 Å². The highest BCUT2D eigenvalue weighted by Gasteiger charge is 2.64. The lowest BCUT2D eigenvalue weighted by molar-refractivity contribution is -0.154. The molecule has 3 saturated carbocycles. The summed E-state index contributed by atoms with van der Waals surface area (Å²) in [5.74, 6) is -1.08. The summed E-state index contributed by atoms with van der Waals surface area (Å²) in [5.41, 5.74) is -0.537. The zero-order valence-corrected chi connectivity index (χ0v) is 16.4. The first-order chi connectivity index (χ1) is 13.3. The van der Waals surface area contributed by atoms with Gasteiger partial charge in [0, 0.05) is 18.3 Å². The maximum Gasteiger partial charge on any atom is 0.332 e. The van der Waals surface area contributed by atoms with E-state index in [9.17, 15) is 14.4 Å². The van der Waals surface area contributed by atoms with E-state index in [0.29, 0.717) is 32.1 Å². The third kappa shape index (κ3) is 2.95. The fourth-order valence-corrected chi connectivity index (χ4v) is 6.93. The van der Waals surface area contributed by atoms with Crippen LogP contribution < -0.4 is 0 Å². The van der Waals surface area contributed by atoms with Gasteiger partial charge in [0.2, 0.25) is 0 Å². The molecule has 6 heteroatoms. The molecule has 0 aromatic carbocycles. The van der Waals surface area contributed by atoms with Gasteiger partial charge in [-0.1, -0.05) is 12.5 Å². The number of carbonyl (C=O) groups excluding carboxylic acids is 3. The number of rotatable bonds is 4. The van der Waals surface area contributed by atoms with Gasteiger partial charge >= 0.3 is 5.97 Å². The molecule has 0 aliphatic heterocycles. The molecule has 6 atom stereocenters. The molecule has 4 rings (SSSR count). The van der Waals surface area contributed by atoms with E-state index in [1.54, 1.807) is 6.08 Å². The molecule has 0 unspecified atom stereocenters. The Morgan fingerprint density at radius 3 is 2.71 bits per heavy atom. The van der Waals surface area contributed by atoms with Crippen molar-refractivity contribution in [3.8, 4) is 0 Å².